The zero-order valence-corrected chi connectivity index (χ0v) is 15.3. The van der Waals surface area contributed by atoms with Gasteiger partial charge in [0.15, 0.2) is 15.7 Å². The predicted octanol–water partition coefficient (Wildman–Crippen LogP) is 2.33. The molecule has 1 fully saturated rings. The molecule has 0 saturated heterocycles. The van der Waals surface area contributed by atoms with Crippen LogP contribution in [-0.4, -0.2) is 40.8 Å². The normalized spacial score (nSPS) is 14.1. The third-order valence-electron chi connectivity index (χ3n) is 4.29. The Hall–Kier alpha value is -3.07. The lowest BCUT2D eigenvalue weighted by atomic mass is 10.1. The summed E-state index contributed by atoms with van der Waals surface area (Å²) < 4.78 is 25.2. The smallest absolute Gasteiger partial charge is 0.255 e. The standard InChI is InChI=1S/C18H17N5O3S/c1-27(25,26)16-7-3-5-13(11-16)18(24)19-14-6-2-4-12(10-14)17-20-21-22-23(17)15-8-9-15/h2-7,10-11,15H,8-9H2,1H3,(H,19,24). The Morgan fingerprint density at radius 2 is 1.93 bits per heavy atom. The van der Waals surface area contributed by atoms with E-state index in [-0.39, 0.29) is 16.4 Å². The van der Waals surface area contributed by atoms with Gasteiger partial charge in [0.2, 0.25) is 0 Å². The monoisotopic (exact) mass is 383 g/mol. The van der Waals surface area contributed by atoms with E-state index in [2.05, 4.69) is 20.8 Å². The van der Waals surface area contributed by atoms with Crippen LogP contribution in [0.5, 0.6) is 0 Å². The number of rotatable bonds is 5. The fourth-order valence-electron chi connectivity index (χ4n) is 2.76. The Kier molecular flexibility index (Phi) is 4.23. The van der Waals surface area contributed by atoms with Gasteiger partial charge in [-0.2, -0.15) is 0 Å². The number of tetrazole rings is 1. The van der Waals surface area contributed by atoms with E-state index in [1.54, 1.807) is 28.9 Å². The number of carbonyl (C=O) groups excluding carboxylic acids is 1. The van der Waals surface area contributed by atoms with Crippen LogP contribution in [0.2, 0.25) is 0 Å². The van der Waals surface area contributed by atoms with Gasteiger partial charge in [0.05, 0.1) is 10.9 Å². The highest BCUT2D eigenvalue weighted by Gasteiger charge is 2.28. The molecule has 1 aromatic heterocycles. The molecule has 2 aromatic carbocycles. The molecule has 1 saturated carbocycles. The van der Waals surface area contributed by atoms with Crippen LogP contribution in [0, 0.1) is 0 Å². The molecule has 0 aliphatic heterocycles. The van der Waals surface area contributed by atoms with Crippen LogP contribution in [0.4, 0.5) is 5.69 Å². The van der Waals surface area contributed by atoms with E-state index in [0.717, 1.165) is 24.7 Å². The van der Waals surface area contributed by atoms with Gasteiger partial charge in [-0.1, -0.05) is 18.2 Å². The SMILES string of the molecule is CS(=O)(=O)c1cccc(C(=O)Nc2cccc(-c3nnnn3C3CC3)c2)c1. The van der Waals surface area contributed by atoms with E-state index in [1.807, 2.05) is 12.1 Å². The average Bonchev–Trinajstić information content (AvgIpc) is 3.38. The first-order valence-electron chi connectivity index (χ1n) is 8.41. The van der Waals surface area contributed by atoms with Gasteiger partial charge in [-0.3, -0.25) is 4.79 Å². The highest BCUT2D eigenvalue weighted by molar-refractivity contribution is 7.90. The number of hydrogen-bond acceptors (Lipinski definition) is 6. The first-order valence-corrected chi connectivity index (χ1v) is 10.3. The largest absolute Gasteiger partial charge is 0.322 e. The molecule has 8 nitrogen and oxygen atoms in total. The number of carbonyl (C=O) groups is 1. The van der Waals surface area contributed by atoms with E-state index in [0.29, 0.717) is 17.6 Å². The van der Waals surface area contributed by atoms with Crippen molar-refractivity contribution in [3.8, 4) is 11.4 Å². The number of nitrogens with one attached hydrogen (secondary N) is 1. The fourth-order valence-corrected chi connectivity index (χ4v) is 3.42. The van der Waals surface area contributed by atoms with Gasteiger partial charge in [0, 0.05) is 23.1 Å². The number of benzene rings is 2. The number of nitrogens with zero attached hydrogens (tertiary/aromatic N) is 4. The minimum Gasteiger partial charge on any atom is -0.322 e. The Balaban J connectivity index is 1.58. The molecule has 0 spiro atoms. The summed E-state index contributed by atoms with van der Waals surface area (Å²) in [5.74, 6) is 0.270. The molecule has 4 rings (SSSR count). The summed E-state index contributed by atoms with van der Waals surface area (Å²) in [5.41, 5.74) is 1.65. The molecule has 27 heavy (non-hydrogen) atoms. The average molecular weight is 383 g/mol. The third kappa shape index (κ3) is 3.72. The van der Waals surface area contributed by atoms with Crippen molar-refractivity contribution in [1.29, 1.82) is 0 Å². The Bertz CT molecular complexity index is 1120. The Morgan fingerprint density at radius 1 is 1.15 bits per heavy atom. The van der Waals surface area contributed by atoms with E-state index in [4.69, 9.17) is 0 Å². The molecule has 9 heteroatoms. The van der Waals surface area contributed by atoms with Crippen molar-refractivity contribution in [2.45, 2.75) is 23.8 Å². The molecule has 0 unspecified atom stereocenters. The first-order chi connectivity index (χ1) is 12.9. The Morgan fingerprint density at radius 3 is 2.67 bits per heavy atom. The van der Waals surface area contributed by atoms with Gasteiger partial charge >= 0.3 is 0 Å². The van der Waals surface area contributed by atoms with Crippen LogP contribution in [-0.2, 0) is 9.84 Å². The summed E-state index contributed by atoms with van der Waals surface area (Å²) in [4.78, 5) is 12.6. The summed E-state index contributed by atoms with van der Waals surface area (Å²) in [7, 11) is -3.38. The molecule has 0 radical (unpaired) electrons. The van der Waals surface area contributed by atoms with Crippen molar-refractivity contribution in [2.75, 3.05) is 11.6 Å². The highest BCUT2D eigenvalue weighted by atomic mass is 32.2. The minimum atomic E-state index is -3.38. The number of hydrogen-bond donors (Lipinski definition) is 1. The molecule has 1 amide bonds. The maximum absolute atomic E-state index is 12.5. The number of aromatic nitrogens is 4. The van der Waals surface area contributed by atoms with Gasteiger partial charge in [0.1, 0.15) is 0 Å². The lowest BCUT2D eigenvalue weighted by Gasteiger charge is -2.08. The quantitative estimate of drug-likeness (QED) is 0.725. The summed E-state index contributed by atoms with van der Waals surface area (Å²) in [6, 6.07) is 13.5. The molecule has 1 heterocycles. The fraction of sp³-hybridized carbons (Fsp3) is 0.222. The second-order valence-corrected chi connectivity index (χ2v) is 8.53. The lowest BCUT2D eigenvalue weighted by molar-refractivity contribution is 0.102. The second kappa shape index (κ2) is 6.58. The lowest BCUT2D eigenvalue weighted by Crippen LogP contribution is -2.12. The zero-order chi connectivity index (χ0) is 19.0. The van der Waals surface area contributed by atoms with Crippen molar-refractivity contribution in [2.24, 2.45) is 0 Å². The van der Waals surface area contributed by atoms with Crippen LogP contribution >= 0.6 is 0 Å². The van der Waals surface area contributed by atoms with Crippen LogP contribution in [0.25, 0.3) is 11.4 Å². The van der Waals surface area contributed by atoms with Crippen molar-refractivity contribution in [1.82, 2.24) is 20.2 Å². The maximum atomic E-state index is 12.5. The van der Waals surface area contributed by atoms with Gasteiger partial charge in [-0.05, 0) is 53.6 Å². The van der Waals surface area contributed by atoms with Crippen molar-refractivity contribution >= 4 is 21.4 Å². The van der Waals surface area contributed by atoms with Crippen molar-refractivity contribution in [3.05, 3.63) is 54.1 Å². The third-order valence-corrected chi connectivity index (χ3v) is 5.40. The number of anilines is 1. The minimum absolute atomic E-state index is 0.104. The van der Waals surface area contributed by atoms with E-state index in [9.17, 15) is 13.2 Å². The van der Waals surface area contributed by atoms with Crippen LogP contribution in [0.3, 0.4) is 0 Å². The molecule has 1 aliphatic rings. The van der Waals surface area contributed by atoms with E-state index in [1.165, 1.54) is 12.1 Å². The Labute approximate surface area is 156 Å². The summed E-state index contributed by atoms with van der Waals surface area (Å²) in [5, 5.41) is 14.7. The number of amides is 1. The maximum Gasteiger partial charge on any atom is 0.255 e. The van der Waals surface area contributed by atoms with Crippen molar-refractivity contribution < 1.29 is 13.2 Å². The molecular formula is C18H17N5O3S. The highest BCUT2D eigenvalue weighted by Crippen LogP contribution is 2.36. The summed E-state index contributed by atoms with van der Waals surface area (Å²) >= 11 is 0. The van der Waals surface area contributed by atoms with Gasteiger partial charge in [0.25, 0.3) is 5.91 Å². The first kappa shape index (κ1) is 17.3. The molecule has 0 bridgehead atoms. The van der Waals surface area contributed by atoms with Gasteiger partial charge in [-0.25, -0.2) is 13.1 Å². The van der Waals surface area contributed by atoms with E-state index >= 15 is 0 Å². The zero-order valence-electron chi connectivity index (χ0n) is 14.5. The molecule has 1 aliphatic carbocycles. The second-order valence-electron chi connectivity index (χ2n) is 6.51. The summed E-state index contributed by atoms with van der Waals surface area (Å²) in [6.07, 6.45) is 3.23. The van der Waals surface area contributed by atoms with E-state index < -0.39 is 9.84 Å². The molecular weight excluding hydrogens is 366 g/mol. The predicted molar refractivity (Wildman–Crippen MR) is 99.0 cm³/mol. The van der Waals surface area contributed by atoms with Crippen LogP contribution in [0.1, 0.15) is 29.2 Å². The molecule has 0 atom stereocenters. The van der Waals surface area contributed by atoms with Gasteiger partial charge < -0.3 is 5.32 Å². The molecule has 3 aromatic rings. The topological polar surface area (TPSA) is 107 Å². The van der Waals surface area contributed by atoms with Crippen LogP contribution < -0.4 is 5.32 Å². The van der Waals surface area contributed by atoms with Crippen LogP contribution in [0.15, 0.2) is 53.4 Å². The van der Waals surface area contributed by atoms with Gasteiger partial charge in [-0.15, -0.1) is 5.10 Å². The van der Waals surface area contributed by atoms with Crippen molar-refractivity contribution in [3.63, 3.8) is 0 Å². The molecule has 138 valence electrons. The molecule has 1 N–H and O–H groups in total. The number of sulfone groups is 1. The summed E-state index contributed by atoms with van der Waals surface area (Å²) in [6.45, 7) is 0.